The maximum absolute atomic E-state index is 10.9. The van der Waals surface area contributed by atoms with Gasteiger partial charge in [0.2, 0.25) is 0 Å². The van der Waals surface area contributed by atoms with Gasteiger partial charge in [0.15, 0.2) is 12.4 Å². The Balaban J connectivity index is 1.94. The topological polar surface area (TPSA) is 135 Å². The molecule has 0 aromatic heterocycles. The Hall–Kier alpha value is -0.220. The SMILES string of the molecule is CC(C)OC1(C)CC(C)(COC2OC(CO)C(O)C(O[P+](=O)O)C2O)C1. The van der Waals surface area contributed by atoms with Gasteiger partial charge in [-0.1, -0.05) is 6.92 Å². The normalized spacial score (nSPS) is 44.0. The summed E-state index contributed by atoms with van der Waals surface area (Å²) >= 11 is 0. The highest BCUT2D eigenvalue weighted by Crippen LogP contribution is 2.51. The minimum atomic E-state index is -3.04. The van der Waals surface area contributed by atoms with E-state index in [1.165, 1.54) is 0 Å². The van der Waals surface area contributed by atoms with E-state index in [0.29, 0.717) is 0 Å². The van der Waals surface area contributed by atoms with E-state index in [9.17, 15) is 19.9 Å². The van der Waals surface area contributed by atoms with Crippen molar-refractivity contribution in [2.75, 3.05) is 13.2 Å². The molecule has 0 amide bonds. The monoisotopic (exact) mass is 397 g/mol. The summed E-state index contributed by atoms with van der Waals surface area (Å²) in [5.41, 5.74) is -0.390. The molecule has 26 heavy (non-hydrogen) atoms. The van der Waals surface area contributed by atoms with Gasteiger partial charge in [-0.05, 0) is 39.0 Å². The molecule has 1 heterocycles. The van der Waals surface area contributed by atoms with E-state index in [4.69, 9.17) is 23.6 Å². The predicted octanol–water partition coefficient (Wildman–Crippen LogP) is 0.461. The summed E-state index contributed by atoms with van der Waals surface area (Å²) in [5.74, 6) is 0. The minimum absolute atomic E-state index is 0.124. The number of rotatable bonds is 8. The first-order valence-electron chi connectivity index (χ1n) is 8.73. The van der Waals surface area contributed by atoms with E-state index in [0.717, 1.165) is 12.8 Å². The summed E-state index contributed by atoms with van der Waals surface area (Å²) in [5, 5.41) is 29.6. The lowest BCUT2D eigenvalue weighted by atomic mass is 9.61. The van der Waals surface area contributed by atoms with Crippen LogP contribution in [0, 0.1) is 5.41 Å². The first-order chi connectivity index (χ1) is 12.0. The predicted molar refractivity (Wildman–Crippen MR) is 90.4 cm³/mol. The smallest absolute Gasteiger partial charge is 0.394 e. The molecule has 10 heteroatoms. The van der Waals surface area contributed by atoms with Crippen molar-refractivity contribution in [1.82, 2.24) is 0 Å². The molecule has 0 aromatic rings. The molecule has 0 aromatic carbocycles. The Morgan fingerprint density at radius 1 is 1.23 bits per heavy atom. The summed E-state index contributed by atoms with van der Waals surface area (Å²) in [6.07, 6.45) is -4.94. The van der Waals surface area contributed by atoms with Crippen molar-refractivity contribution in [2.24, 2.45) is 5.41 Å². The molecule has 9 nitrogen and oxygen atoms in total. The lowest BCUT2D eigenvalue weighted by Gasteiger charge is -2.53. The van der Waals surface area contributed by atoms with Crippen molar-refractivity contribution in [3.8, 4) is 0 Å². The highest BCUT2D eigenvalue weighted by Gasteiger charge is 2.53. The molecule has 2 aliphatic rings. The average Bonchev–Trinajstić information content (AvgIpc) is 2.48. The van der Waals surface area contributed by atoms with Gasteiger partial charge in [0.1, 0.15) is 18.3 Å². The van der Waals surface area contributed by atoms with Crippen LogP contribution >= 0.6 is 8.25 Å². The third-order valence-electron chi connectivity index (χ3n) is 4.75. The maximum atomic E-state index is 10.9. The van der Waals surface area contributed by atoms with Gasteiger partial charge in [-0.3, -0.25) is 0 Å². The summed E-state index contributed by atoms with van der Waals surface area (Å²) in [7, 11) is -3.04. The average molecular weight is 397 g/mol. The highest BCUT2D eigenvalue weighted by molar-refractivity contribution is 7.32. The van der Waals surface area contributed by atoms with Gasteiger partial charge in [-0.15, -0.1) is 9.42 Å². The highest BCUT2D eigenvalue weighted by atomic mass is 31.1. The third-order valence-corrected chi connectivity index (χ3v) is 5.18. The van der Waals surface area contributed by atoms with Crippen molar-refractivity contribution in [3.05, 3.63) is 0 Å². The van der Waals surface area contributed by atoms with E-state index in [2.05, 4.69) is 0 Å². The lowest BCUT2D eigenvalue weighted by molar-refractivity contribution is -0.309. The van der Waals surface area contributed by atoms with Crippen LogP contribution in [0.3, 0.4) is 0 Å². The molecule has 2 rings (SSSR count). The van der Waals surface area contributed by atoms with E-state index in [1.54, 1.807) is 0 Å². The van der Waals surface area contributed by atoms with Crippen molar-refractivity contribution < 1.29 is 43.5 Å². The number of ether oxygens (including phenoxy) is 3. The lowest BCUT2D eigenvalue weighted by Crippen LogP contribution is -2.60. The summed E-state index contributed by atoms with van der Waals surface area (Å²) in [4.78, 5) is 8.93. The molecule has 0 radical (unpaired) electrons. The van der Waals surface area contributed by atoms with Crippen LogP contribution < -0.4 is 0 Å². The molecule has 0 bridgehead atoms. The zero-order valence-corrected chi connectivity index (χ0v) is 16.5. The molecule has 1 saturated carbocycles. The maximum Gasteiger partial charge on any atom is 0.695 e. The molecule has 4 N–H and O–H groups in total. The van der Waals surface area contributed by atoms with Crippen LogP contribution in [0.5, 0.6) is 0 Å². The number of hydrogen-bond donors (Lipinski definition) is 4. The van der Waals surface area contributed by atoms with Crippen molar-refractivity contribution in [2.45, 2.75) is 82.9 Å². The van der Waals surface area contributed by atoms with Gasteiger partial charge in [0.25, 0.3) is 0 Å². The van der Waals surface area contributed by atoms with Gasteiger partial charge >= 0.3 is 8.25 Å². The zero-order valence-electron chi connectivity index (χ0n) is 15.6. The van der Waals surface area contributed by atoms with Crippen LogP contribution in [0.15, 0.2) is 0 Å². The molecule has 1 aliphatic heterocycles. The second-order valence-corrected chi connectivity index (χ2v) is 8.79. The Bertz CT molecular complexity index is 494. The molecule has 0 spiro atoms. The largest absolute Gasteiger partial charge is 0.695 e. The van der Waals surface area contributed by atoms with Crippen LogP contribution in [0.4, 0.5) is 0 Å². The molecule has 152 valence electrons. The quantitative estimate of drug-likeness (QED) is 0.431. The van der Waals surface area contributed by atoms with Crippen LogP contribution in [0.2, 0.25) is 0 Å². The molecule has 1 aliphatic carbocycles. The summed E-state index contributed by atoms with van der Waals surface area (Å²) < 4.78 is 32.6. The molecular formula is C16H30O9P+. The minimum Gasteiger partial charge on any atom is -0.394 e. The van der Waals surface area contributed by atoms with Gasteiger partial charge in [-0.2, -0.15) is 0 Å². The standard InChI is InChI=1S/C16H29O9P/c1-9(2)24-16(4)6-15(3,7-16)8-22-14-12(19)13(25-26(20)21)11(18)10(5-17)23-14/h9-14,17-19H,5-8H2,1-4H3/p+1. The Kier molecular flexibility index (Phi) is 7.15. The van der Waals surface area contributed by atoms with Crippen molar-refractivity contribution >= 4 is 8.25 Å². The Morgan fingerprint density at radius 3 is 2.35 bits per heavy atom. The fraction of sp³-hybridized carbons (Fsp3) is 1.00. The summed E-state index contributed by atoms with van der Waals surface area (Å²) in [6.45, 7) is 7.75. The van der Waals surface area contributed by atoms with Gasteiger partial charge < -0.3 is 29.5 Å². The molecule has 2 fully saturated rings. The molecule has 6 atom stereocenters. The number of hydrogen-bond acceptors (Lipinski definition) is 8. The first-order valence-corrected chi connectivity index (χ1v) is 9.86. The van der Waals surface area contributed by atoms with Gasteiger partial charge in [0.05, 0.1) is 24.9 Å². The number of aliphatic hydroxyl groups excluding tert-OH is 3. The van der Waals surface area contributed by atoms with Crippen LogP contribution in [0.25, 0.3) is 0 Å². The number of aliphatic hydroxyl groups is 3. The molecule has 1 saturated heterocycles. The Labute approximate surface area is 154 Å². The van der Waals surface area contributed by atoms with Crippen LogP contribution in [0.1, 0.15) is 40.5 Å². The van der Waals surface area contributed by atoms with Gasteiger partial charge in [-0.25, -0.2) is 0 Å². The van der Waals surface area contributed by atoms with Crippen molar-refractivity contribution in [3.63, 3.8) is 0 Å². The fourth-order valence-electron chi connectivity index (χ4n) is 4.21. The fourth-order valence-corrected chi connectivity index (χ4v) is 4.67. The van der Waals surface area contributed by atoms with E-state index >= 15 is 0 Å². The Morgan fingerprint density at radius 2 is 1.85 bits per heavy atom. The van der Waals surface area contributed by atoms with Crippen LogP contribution in [-0.4, -0.2) is 75.8 Å². The second kappa shape index (κ2) is 8.43. The molecule has 6 unspecified atom stereocenters. The zero-order chi connectivity index (χ0) is 19.7. The summed E-state index contributed by atoms with van der Waals surface area (Å²) in [6, 6.07) is 0. The van der Waals surface area contributed by atoms with E-state index in [-0.39, 0.29) is 23.7 Å². The third kappa shape index (κ3) is 5.19. The second-order valence-electron chi connectivity index (χ2n) is 8.11. The first kappa shape index (κ1) is 22.1. The van der Waals surface area contributed by atoms with Crippen molar-refractivity contribution in [1.29, 1.82) is 0 Å². The molecular weight excluding hydrogens is 367 g/mol. The van der Waals surface area contributed by atoms with Crippen LogP contribution in [-0.2, 0) is 23.3 Å². The van der Waals surface area contributed by atoms with E-state index < -0.39 is 45.6 Å². The van der Waals surface area contributed by atoms with E-state index in [1.807, 2.05) is 27.7 Å². The van der Waals surface area contributed by atoms with Gasteiger partial charge in [0, 0.05) is 4.57 Å².